The van der Waals surface area contributed by atoms with Gasteiger partial charge in [0.2, 0.25) is 0 Å². The summed E-state index contributed by atoms with van der Waals surface area (Å²) in [4.78, 5) is 17.2. The van der Waals surface area contributed by atoms with Crippen molar-refractivity contribution in [1.82, 2.24) is 9.55 Å². The molecule has 3 nitrogen and oxygen atoms in total. The first-order valence-electron chi connectivity index (χ1n) is 6.81. The zero-order valence-electron chi connectivity index (χ0n) is 11.6. The number of halogens is 1. The number of aromatic nitrogens is 2. The minimum absolute atomic E-state index is 0.0154. The van der Waals surface area contributed by atoms with E-state index in [1.165, 1.54) is 5.56 Å². The molecule has 0 amide bonds. The molecule has 0 spiro atoms. The molecular formula is C16H15ClN2OS. The number of alkyl halides is 1. The van der Waals surface area contributed by atoms with E-state index >= 15 is 0 Å². The van der Waals surface area contributed by atoms with Crippen molar-refractivity contribution in [2.45, 2.75) is 25.3 Å². The van der Waals surface area contributed by atoms with Crippen molar-refractivity contribution >= 4 is 33.8 Å². The molecule has 0 saturated heterocycles. The van der Waals surface area contributed by atoms with Gasteiger partial charge in [-0.2, -0.15) is 11.3 Å². The van der Waals surface area contributed by atoms with Gasteiger partial charge in [0.15, 0.2) is 0 Å². The van der Waals surface area contributed by atoms with Crippen LogP contribution in [0.3, 0.4) is 0 Å². The predicted octanol–water partition coefficient (Wildman–Crippen LogP) is 4.00. The number of nitrogens with zero attached hydrogens (tertiary/aromatic N) is 2. The molecule has 2 aromatic heterocycles. The summed E-state index contributed by atoms with van der Waals surface area (Å²) < 4.78 is 1.71. The zero-order chi connectivity index (χ0) is 14.8. The third-order valence-corrected chi connectivity index (χ3v) is 4.38. The molecule has 0 radical (unpaired) electrons. The number of benzene rings is 1. The monoisotopic (exact) mass is 318 g/mol. The lowest BCUT2D eigenvalue weighted by molar-refractivity contribution is 0.617. The van der Waals surface area contributed by atoms with Gasteiger partial charge >= 0.3 is 0 Å². The van der Waals surface area contributed by atoms with Crippen LogP contribution in [-0.4, -0.2) is 9.55 Å². The van der Waals surface area contributed by atoms with Gasteiger partial charge in [0.1, 0.15) is 5.82 Å². The number of hydrogen-bond donors (Lipinski definition) is 0. The van der Waals surface area contributed by atoms with E-state index in [2.05, 4.69) is 16.4 Å². The van der Waals surface area contributed by atoms with Crippen LogP contribution >= 0.6 is 22.9 Å². The molecule has 0 fully saturated rings. The van der Waals surface area contributed by atoms with E-state index in [0.717, 1.165) is 6.42 Å². The molecule has 21 heavy (non-hydrogen) atoms. The molecule has 1 atom stereocenters. The van der Waals surface area contributed by atoms with Crippen molar-refractivity contribution in [2.24, 2.45) is 0 Å². The Hall–Kier alpha value is -1.65. The number of fused-ring (bicyclic) bond motifs is 1. The van der Waals surface area contributed by atoms with E-state index in [1.807, 2.05) is 36.6 Å². The minimum Gasteiger partial charge on any atom is -0.295 e. The summed E-state index contributed by atoms with van der Waals surface area (Å²) in [5.74, 6) is 0.635. The predicted molar refractivity (Wildman–Crippen MR) is 88.3 cm³/mol. The molecule has 3 rings (SSSR count). The molecule has 0 bridgehead atoms. The maximum Gasteiger partial charge on any atom is 0.261 e. The molecule has 3 aromatic rings. The lowest BCUT2D eigenvalue weighted by Gasteiger charge is -2.14. The maximum atomic E-state index is 12.7. The Morgan fingerprint density at radius 3 is 2.86 bits per heavy atom. The summed E-state index contributed by atoms with van der Waals surface area (Å²) in [6.07, 6.45) is 0.806. The second-order valence-corrected chi connectivity index (χ2v) is 6.38. The second-order valence-electron chi connectivity index (χ2n) is 4.94. The van der Waals surface area contributed by atoms with Crippen LogP contribution in [0.5, 0.6) is 0 Å². The van der Waals surface area contributed by atoms with Crippen molar-refractivity contribution < 1.29 is 0 Å². The number of thiophene rings is 1. The third-order valence-electron chi connectivity index (χ3n) is 3.45. The average molecular weight is 319 g/mol. The van der Waals surface area contributed by atoms with Gasteiger partial charge in [0.05, 0.1) is 16.3 Å². The SMILES string of the molecule is CC(Cl)c1nc2ccccc2c(=O)n1CCc1ccsc1. The van der Waals surface area contributed by atoms with Crippen LogP contribution in [0.1, 0.15) is 23.7 Å². The molecule has 0 aliphatic rings. The number of rotatable bonds is 4. The molecule has 5 heteroatoms. The molecule has 0 aliphatic heterocycles. The van der Waals surface area contributed by atoms with Crippen LogP contribution in [0.15, 0.2) is 45.9 Å². The molecule has 108 valence electrons. The van der Waals surface area contributed by atoms with Gasteiger partial charge in [0, 0.05) is 6.54 Å². The third kappa shape index (κ3) is 2.87. The summed E-state index contributed by atoms with van der Waals surface area (Å²) in [5, 5.41) is 4.49. The van der Waals surface area contributed by atoms with Gasteiger partial charge < -0.3 is 0 Å². The summed E-state index contributed by atoms with van der Waals surface area (Å²) in [5.41, 5.74) is 1.92. The van der Waals surface area contributed by atoms with Crippen molar-refractivity contribution in [1.29, 1.82) is 0 Å². The number of aryl methyl sites for hydroxylation is 1. The first kappa shape index (κ1) is 14.3. The highest BCUT2D eigenvalue weighted by molar-refractivity contribution is 7.07. The number of hydrogen-bond acceptors (Lipinski definition) is 3. The van der Waals surface area contributed by atoms with Gasteiger partial charge in [0.25, 0.3) is 5.56 Å². The first-order valence-corrected chi connectivity index (χ1v) is 8.19. The van der Waals surface area contributed by atoms with Crippen LogP contribution in [0.25, 0.3) is 10.9 Å². The standard InChI is InChI=1S/C16H15ClN2OS/c1-11(17)15-18-14-5-3-2-4-13(14)16(20)19(15)8-6-12-7-9-21-10-12/h2-5,7,9-11H,6,8H2,1H3. The second kappa shape index (κ2) is 6.00. The Morgan fingerprint density at radius 1 is 1.33 bits per heavy atom. The smallest absolute Gasteiger partial charge is 0.261 e. The molecule has 0 saturated carbocycles. The van der Waals surface area contributed by atoms with Crippen LogP contribution in [0, 0.1) is 0 Å². The topological polar surface area (TPSA) is 34.9 Å². The van der Waals surface area contributed by atoms with Crippen LogP contribution in [-0.2, 0) is 13.0 Å². The zero-order valence-corrected chi connectivity index (χ0v) is 13.2. The summed E-state index contributed by atoms with van der Waals surface area (Å²) >= 11 is 7.88. The van der Waals surface area contributed by atoms with E-state index in [1.54, 1.807) is 15.9 Å². The Kier molecular flexibility index (Phi) is 4.08. The normalized spacial score (nSPS) is 12.7. The van der Waals surface area contributed by atoms with Gasteiger partial charge in [-0.3, -0.25) is 9.36 Å². The molecular weight excluding hydrogens is 304 g/mol. The van der Waals surface area contributed by atoms with Gasteiger partial charge in [-0.05, 0) is 47.9 Å². The lowest BCUT2D eigenvalue weighted by atomic mass is 10.2. The van der Waals surface area contributed by atoms with Gasteiger partial charge in [-0.15, -0.1) is 11.6 Å². The fraction of sp³-hybridized carbons (Fsp3) is 0.250. The fourth-order valence-corrected chi connectivity index (χ4v) is 3.25. The Balaban J connectivity index is 2.08. The van der Waals surface area contributed by atoms with E-state index in [-0.39, 0.29) is 10.9 Å². The van der Waals surface area contributed by atoms with Gasteiger partial charge in [-0.1, -0.05) is 12.1 Å². The van der Waals surface area contributed by atoms with E-state index in [9.17, 15) is 4.79 Å². The molecule has 1 unspecified atom stereocenters. The highest BCUT2D eigenvalue weighted by atomic mass is 35.5. The molecule has 1 aromatic carbocycles. The Morgan fingerprint density at radius 2 is 2.14 bits per heavy atom. The van der Waals surface area contributed by atoms with E-state index in [4.69, 9.17) is 11.6 Å². The quantitative estimate of drug-likeness (QED) is 0.681. The highest BCUT2D eigenvalue weighted by Gasteiger charge is 2.14. The van der Waals surface area contributed by atoms with Gasteiger partial charge in [-0.25, -0.2) is 4.98 Å². The lowest BCUT2D eigenvalue weighted by Crippen LogP contribution is -2.26. The first-order chi connectivity index (χ1) is 10.2. The van der Waals surface area contributed by atoms with Crippen LogP contribution in [0.2, 0.25) is 0 Å². The maximum absolute atomic E-state index is 12.7. The van der Waals surface area contributed by atoms with E-state index < -0.39 is 0 Å². The molecule has 0 aliphatic carbocycles. The Labute approximate surface area is 131 Å². The summed E-state index contributed by atoms with van der Waals surface area (Å²) in [6.45, 7) is 2.44. The molecule has 0 N–H and O–H groups in total. The van der Waals surface area contributed by atoms with Crippen molar-refractivity contribution in [2.75, 3.05) is 0 Å². The van der Waals surface area contributed by atoms with Crippen LogP contribution < -0.4 is 5.56 Å². The number of para-hydroxylation sites is 1. The van der Waals surface area contributed by atoms with E-state index in [0.29, 0.717) is 23.3 Å². The Bertz CT molecular complexity index is 809. The van der Waals surface area contributed by atoms with Crippen molar-refractivity contribution in [3.63, 3.8) is 0 Å². The van der Waals surface area contributed by atoms with Crippen molar-refractivity contribution in [3.8, 4) is 0 Å². The van der Waals surface area contributed by atoms with Crippen molar-refractivity contribution in [3.05, 3.63) is 62.8 Å². The van der Waals surface area contributed by atoms with Crippen LogP contribution in [0.4, 0.5) is 0 Å². The minimum atomic E-state index is -0.301. The average Bonchev–Trinajstić information content (AvgIpc) is 2.99. The fourth-order valence-electron chi connectivity index (χ4n) is 2.38. The highest BCUT2D eigenvalue weighted by Crippen LogP contribution is 2.19. The summed E-state index contributed by atoms with van der Waals surface area (Å²) in [7, 11) is 0. The largest absolute Gasteiger partial charge is 0.295 e. The molecule has 2 heterocycles. The summed E-state index contributed by atoms with van der Waals surface area (Å²) in [6, 6.07) is 9.48.